The summed E-state index contributed by atoms with van der Waals surface area (Å²) in [4.78, 5) is 21.3. The van der Waals surface area contributed by atoms with Gasteiger partial charge in [0.15, 0.2) is 0 Å². The first kappa shape index (κ1) is 19.0. The molecular formula is C21H28N4O2. The minimum atomic E-state index is -0.00261. The van der Waals surface area contributed by atoms with Crippen molar-refractivity contribution < 1.29 is 9.53 Å². The van der Waals surface area contributed by atoms with Gasteiger partial charge in [-0.3, -0.25) is 9.78 Å². The standard InChI is InChI=1S/C21H28N4O2/c1-4-16(2)23-17-9-10-22-20(15-17)21(26)25-13-11-24(12-14-25)18-5-7-19(27-3)8-6-18/h5-10,15-16H,4,11-14H2,1-3H3,(H,22,23). The molecule has 1 saturated heterocycles. The van der Waals surface area contributed by atoms with Gasteiger partial charge in [-0.15, -0.1) is 0 Å². The van der Waals surface area contributed by atoms with Gasteiger partial charge < -0.3 is 19.9 Å². The van der Waals surface area contributed by atoms with Crippen LogP contribution in [-0.4, -0.2) is 55.1 Å². The largest absolute Gasteiger partial charge is 0.497 e. The molecule has 1 aliphatic rings. The van der Waals surface area contributed by atoms with Crippen molar-refractivity contribution >= 4 is 17.3 Å². The van der Waals surface area contributed by atoms with Crippen molar-refractivity contribution in [3.8, 4) is 5.75 Å². The molecule has 6 heteroatoms. The second-order valence-electron chi connectivity index (χ2n) is 6.86. The molecule has 27 heavy (non-hydrogen) atoms. The Hall–Kier alpha value is -2.76. The molecule has 0 aliphatic carbocycles. The molecule has 0 saturated carbocycles. The van der Waals surface area contributed by atoms with E-state index in [4.69, 9.17) is 4.74 Å². The number of nitrogens with one attached hydrogen (secondary N) is 1. The predicted octanol–water partition coefficient (Wildman–Crippen LogP) is 3.26. The Bertz CT molecular complexity index is 755. The zero-order chi connectivity index (χ0) is 19.2. The van der Waals surface area contributed by atoms with Gasteiger partial charge in [0.25, 0.3) is 5.91 Å². The molecule has 144 valence electrons. The van der Waals surface area contributed by atoms with E-state index < -0.39 is 0 Å². The molecule has 2 aromatic rings. The third kappa shape index (κ3) is 4.70. The number of rotatable bonds is 6. The molecule has 3 rings (SSSR count). The van der Waals surface area contributed by atoms with Crippen LogP contribution in [0.5, 0.6) is 5.75 Å². The first-order valence-electron chi connectivity index (χ1n) is 9.51. The molecule has 2 heterocycles. The van der Waals surface area contributed by atoms with E-state index in [9.17, 15) is 4.79 Å². The second-order valence-corrected chi connectivity index (χ2v) is 6.86. The van der Waals surface area contributed by atoms with E-state index in [0.717, 1.165) is 36.6 Å². The average Bonchev–Trinajstić information content (AvgIpc) is 2.73. The van der Waals surface area contributed by atoms with Crippen LogP contribution in [-0.2, 0) is 0 Å². The third-order valence-corrected chi connectivity index (χ3v) is 5.01. The molecule has 0 radical (unpaired) electrons. The van der Waals surface area contributed by atoms with Crippen molar-refractivity contribution in [2.24, 2.45) is 0 Å². The van der Waals surface area contributed by atoms with Crippen molar-refractivity contribution in [2.75, 3.05) is 43.5 Å². The monoisotopic (exact) mass is 368 g/mol. The summed E-state index contributed by atoms with van der Waals surface area (Å²) in [6, 6.07) is 12.2. The number of carbonyl (C=O) groups is 1. The van der Waals surface area contributed by atoms with Crippen LogP contribution in [0.15, 0.2) is 42.6 Å². The Balaban J connectivity index is 1.60. The third-order valence-electron chi connectivity index (χ3n) is 5.01. The molecule has 1 amide bonds. The first-order chi connectivity index (χ1) is 13.1. The first-order valence-corrected chi connectivity index (χ1v) is 9.51. The maximum Gasteiger partial charge on any atom is 0.272 e. The van der Waals surface area contributed by atoms with Crippen LogP contribution in [0.1, 0.15) is 30.8 Å². The minimum Gasteiger partial charge on any atom is -0.497 e. The molecule has 0 bridgehead atoms. The summed E-state index contributed by atoms with van der Waals surface area (Å²) >= 11 is 0. The van der Waals surface area contributed by atoms with Crippen LogP contribution in [0.25, 0.3) is 0 Å². The van der Waals surface area contributed by atoms with Gasteiger partial charge in [-0.25, -0.2) is 0 Å². The Morgan fingerprint density at radius 3 is 2.52 bits per heavy atom. The van der Waals surface area contributed by atoms with Gasteiger partial charge in [-0.2, -0.15) is 0 Å². The van der Waals surface area contributed by atoms with Gasteiger partial charge in [0.2, 0.25) is 0 Å². The van der Waals surface area contributed by atoms with Crippen LogP contribution in [0.4, 0.5) is 11.4 Å². The Morgan fingerprint density at radius 1 is 1.19 bits per heavy atom. The van der Waals surface area contributed by atoms with Crippen molar-refractivity contribution in [3.05, 3.63) is 48.3 Å². The second kappa shape index (κ2) is 8.75. The van der Waals surface area contributed by atoms with E-state index in [2.05, 4.69) is 41.2 Å². The number of benzene rings is 1. The summed E-state index contributed by atoms with van der Waals surface area (Å²) in [5.41, 5.74) is 2.60. The van der Waals surface area contributed by atoms with E-state index >= 15 is 0 Å². The highest BCUT2D eigenvalue weighted by molar-refractivity contribution is 5.93. The molecule has 1 unspecified atom stereocenters. The van der Waals surface area contributed by atoms with Gasteiger partial charge in [0, 0.05) is 49.8 Å². The lowest BCUT2D eigenvalue weighted by molar-refractivity contribution is 0.0741. The fraction of sp³-hybridized carbons (Fsp3) is 0.429. The number of pyridine rings is 1. The van der Waals surface area contributed by atoms with Gasteiger partial charge in [-0.1, -0.05) is 6.92 Å². The fourth-order valence-corrected chi connectivity index (χ4v) is 3.15. The van der Waals surface area contributed by atoms with Crippen LogP contribution >= 0.6 is 0 Å². The van der Waals surface area contributed by atoms with Crippen LogP contribution in [0.3, 0.4) is 0 Å². The summed E-state index contributed by atoms with van der Waals surface area (Å²) in [5, 5.41) is 3.40. The Kier molecular flexibility index (Phi) is 6.16. The van der Waals surface area contributed by atoms with E-state index in [1.165, 1.54) is 0 Å². The molecule has 1 atom stereocenters. The highest BCUT2D eigenvalue weighted by atomic mass is 16.5. The lowest BCUT2D eigenvalue weighted by Gasteiger charge is -2.36. The summed E-state index contributed by atoms with van der Waals surface area (Å²) in [7, 11) is 1.67. The molecule has 1 aromatic heterocycles. The van der Waals surface area contributed by atoms with E-state index in [1.54, 1.807) is 13.3 Å². The minimum absolute atomic E-state index is 0.00261. The summed E-state index contributed by atoms with van der Waals surface area (Å²) in [6.07, 6.45) is 2.73. The molecule has 6 nitrogen and oxygen atoms in total. The molecular weight excluding hydrogens is 340 g/mol. The van der Waals surface area contributed by atoms with Crippen LogP contribution in [0.2, 0.25) is 0 Å². The SMILES string of the molecule is CCC(C)Nc1ccnc(C(=O)N2CCN(c3ccc(OC)cc3)CC2)c1. The molecule has 0 spiro atoms. The summed E-state index contributed by atoms with van der Waals surface area (Å²) in [6.45, 7) is 7.25. The maximum atomic E-state index is 12.8. The summed E-state index contributed by atoms with van der Waals surface area (Å²) in [5.74, 6) is 0.849. The van der Waals surface area contributed by atoms with Crippen LogP contribution in [0, 0.1) is 0 Å². The van der Waals surface area contributed by atoms with E-state index in [1.807, 2.05) is 29.2 Å². The highest BCUT2D eigenvalue weighted by Crippen LogP contribution is 2.21. The number of hydrogen-bond donors (Lipinski definition) is 1. The number of nitrogens with zero attached hydrogens (tertiary/aromatic N) is 3. The predicted molar refractivity (Wildman–Crippen MR) is 109 cm³/mol. The molecule has 1 N–H and O–H groups in total. The van der Waals surface area contributed by atoms with Crippen LogP contribution < -0.4 is 15.0 Å². The topological polar surface area (TPSA) is 57.7 Å². The number of aromatic nitrogens is 1. The normalized spacial score (nSPS) is 15.4. The molecule has 1 aliphatic heterocycles. The van der Waals surface area contributed by atoms with E-state index in [0.29, 0.717) is 24.8 Å². The van der Waals surface area contributed by atoms with Crippen molar-refractivity contribution in [3.63, 3.8) is 0 Å². The van der Waals surface area contributed by atoms with Crippen molar-refractivity contribution in [1.29, 1.82) is 0 Å². The smallest absolute Gasteiger partial charge is 0.272 e. The number of piperazine rings is 1. The lowest BCUT2D eigenvalue weighted by Crippen LogP contribution is -2.49. The quantitative estimate of drug-likeness (QED) is 0.848. The highest BCUT2D eigenvalue weighted by Gasteiger charge is 2.23. The number of amides is 1. The van der Waals surface area contributed by atoms with Gasteiger partial charge in [0.05, 0.1) is 7.11 Å². The van der Waals surface area contributed by atoms with Gasteiger partial charge in [0.1, 0.15) is 11.4 Å². The zero-order valence-corrected chi connectivity index (χ0v) is 16.3. The van der Waals surface area contributed by atoms with Gasteiger partial charge in [-0.05, 0) is 49.7 Å². The number of ether oxygens (including phenoxy) is 1. The lowest BCUT2D eigenvalue weighted by atomic mass is 10.2. The zero-order valence-electron chi connectivity index (χ0n) is 16.3. The maximum absolute atomic E-state index is 12.8. The van der Waals surface area contributed by atoms with Crippen molar-refractivity contribution in [2.45, 2.75) is 26.3 Å². The number of hydrogen-bond acceptors (Lipinski definition) is 5. The number of methoxy groups -OCH3 is 1. The molecule has 1 fully saturated rings. The number of anilines is 2. The Labute approximate surface area is 161 Å². The van der Waals surface area contributed by atoms with E-state index in [-0.39, 0.29) is 5.91 Å². The summed E-state index contributed by atoms with van der Waals surface area (Å²) < 4.78 is 5.21. The van der Waals surface area contributed by atoms with Crippen molar-refractivity contribution in [1.82, 2.24) is 9.88 Å². The average molecular weight is 368 g/mol. The fourth-order valence-electron chi connectivity index (χ4n) is 3.15. The Morgan fingerprint density at radius 2 is 1.89 bits per heavy atom. The molecule has 1 aromatic carbocycles. The number of carbonyl (C=O) groups excluding carboxylic acids is 1. The van der Waals surface area contributed by atoms with Gasteiger partial charge >= 0.3 is 0 Å².